The third kappa shape index (κ3) is 4.50. The first kappa shape index (κ1) is 21.2. The van der Waals surface area contributed by atoms with Crippen LogP contribution in [0.3, 0.4) is 0 Å². The van der Waals surface area contributed by atoms with Gasteiger partial charge in [-0.05, 0) is 43.7 Å². The number of rotatable bonds is 8. The van der Waals surface area contributed by atoms with Gasteiger partial charge in [-0.2, -0.15) is 0 Å². The van der Waals surface area contributed by atoms with Gasteiger partial charge < -0.3 is 0 Å². The van der Waals surface area contributed by atoms with Crippen LogP contribution in [0.25, 0.3) is 21.8 Å². The van der Waals surface area contributed by atoms with Gasteiger partial charge in [0.05, 0.1) is 32.7 Å². The zero-order valence-electron chi connectivity index (χ0n) is 16.6. The molecule has 0 atom stereocenters. The Labute approximate surface area is 183 Å². The van der Waals surface area contributed by atoms with E-state index < -0.39 is 15.8 Å². The Morgan fingerprint density at radius 1 is 1.27 bits per heavy atom. The molecule has 0 radical (unpaired) electrons. The Kier molecular flexibility index (Phi) is 6.08. The lowest BCUT2D eigenvalue weighted by molar-refractivity contribution is 0.597. The molecule has 0 bridgehead atoms. The largest absolute Gasteiger partial charge is 0.281 e. The van der Waals surface area contributed by atoms with E-state index in [-0.39, 0.29) is 17.0 Å². The molecule has 1 aliphatic carbocycles. The predicted octanol–water partition coefficient (Wildman–Crippen LogP) is 5.16. The second kappa shape index (κ2) is 8.60. The minimum absolute atomic E-state index is 0.0666. The highest BCUT2D eigenvalue weighted by Gasteiger charge is 2.30. The highest BCUT2D eigenvalue weighted by atomic mass is 32.2. The van der Waals surface area contributed by atoms with Gasteiger partial charge in [0.1, 0.15) is 0 Å². The molecular weight excluding hydrogens is 443 g/mol. The number of nitrogens with zero attached hydrogens (tertiary/aromatic N) is 3. The van der Waals surface area contributed by atoms with Gasteiger partial charge in [-0.25, -0.2) is 27.8 Å². The number of thioether (sulfide) groups is 1. The number of halogens is 1. The molecule has 1 N–H and O–H groups in total. The third-order valence-electron chi connectivity index (χ3n) is 4.61. The molecule has 2 heterocycles. The molecule has 158 valence electrons. The van der Waals surface area contributed by atoms with E-state index in [1.807, 2.05) is 6.26 Å². The van der Waals surface area contributed by atoms with Crippen molar-refractivity contribution < 1.29 is 12.8 Å². The van der Waals surface area contributed by atoms with Crippen LogP contribution in [-0.4, -0.2) is 35.4 Å². The summed E-state index contributed by atoms with van der Waals surface area (Å²) in [5.41, 5.74) is 1.36. The number of hydrogen-bond donors (Lipinski definition) is 1. The first-order chi connectivity index (χ1) is 14.4. The molecular formula is C20H21FN4O2S3. The average molecular weight is 465 g/mol. The molecule has 0 amide bonds. The molecule has 3 aromatic rings. The van der Waals surface area contributed by atoms with Gasteiger partial charge in [0, 0.05) is 17.7 Å². The smallest absolute Gasteiger partial charge is 0.232 e. The van der Waals surface area contributed by atoms with Crippen LogP contribution in [0.5, 0.6) is 0 Å². The van der Waals surface area contributed by atoms with Crippen molar-refractivity contribution >= 4 is 38.8 Å². The molecule has 0 saturated heterocycles. The van der Waals surface area contributed by atoms with Crippen molar-refractivity contribution in [2.75, 3.05) is 16.7 Å². The van der Waals surface area contributed by atoms with Gasteiger partial charge in [0.15, 0.2) is 11.0 Å². The van der Waals surface area contributed by atoms with Crippen LogP contribution in [0.4, 0.5) is 10.1 Å². The summed E-state index contributed by atoms with van der Waals surface area (Å²) < 4.78 is 42.1. The normalized spacial score (nSPS) is 14.1. The van der Waals surface area contributed by atoms with E-state index in [9.17, 15) is 8.42 Å². The van der Waals surface area contributed by atoms with E-state index in [2.05, 4.69) is 14.7 Å². The lowest BCUT2D eigenvalue weighted by Gasteiger charge is -2.11. The topological polar surface area (TPSA) is 84.8 Å². The number of sulfonamides is 1. The van der Waals surface area contributed by atoms with Crippen LogP contribution in [0.2, 0.25) is 0 Å². The van der Waals surface area contributed by atoms with Gasteiger partial charge >= 0.3 is 0 Å². The summed E-state index contributed by atoms with van der Waals surface area (Å²) in [6.07, 6.45) is 6.17. The van der Waals surface area contributed by atoms with Gasteiger partial charge in [-0.1, -0.05) is 24.8 Å². The molecule has 4 rings (SSSR count). The first-order valence-electron chi connectivity index (χ1n) is 9.59. The molecule has 30 heavy (non-hydrogen) atoms. The van der Waals surface area contributed by atoms with Crippen molar-refractivity contribution in [3.8, 4) is 21.8 Å². The number of thiazole rings is 1. The van der Waals surface area contributed by atoms with E-state index in [4.69, 9.17) is 4.98 Å². The van der Waals surface area contributed by atoms with Gasteiger partial charge in [-0.15, -0.1) is 11.3 Å². The van der Waals surface area contributed by atoms with Crippen LogP contribution < -0.4 is 4.72 Å². The summed E-state index contributed by atoms with van der Waals surface area (Å²) >= 11 is 2.95. The third-order valence-corrected chi connectivity index (χ3v) is 7.89. The van der Waals surface area contributed by atoms with Crippen LogP contribution in [0, 0.1) is 5.82 Å². The number of hydrogen-bond acceptors (Lipinski definition) is 7. The number of anilines is 1. The van der Waals surface area contributed by atoms with Crippen molar-refractivity contribution in [1.82, 2.24) is 15.0 Å². The lowest BCUT2D eigenvalue weighted by Crippen LogP contribution is -2.17. The molecule has 1 aliphatic rings. The molecule has 1 fully saturated rings. The van der Waals surface area contributed by atoms with Gasteiger partial charge in [0.25, 0.3) is 0 Å². The zero-order chi connectivity index (χ0) is 21.3. The summed E-state index contributed by atoms with van der Waals surface area (Å²) in [7, 11) is -3.61. The Hall–Kier alpha value is -2.04. The maximum atomic E-state index is 15.4. The summed E-state index contributed by atoms with van der Waals surface area (Å²) in [4.78, 5) is 14.3. The van der Waals surface area contributed by atoms with Gasteiger partial charge in [0.2, 0.25) is 10.0 Å². The predicted molar refractivity (Wildman–Crippen MR) is 120 cm³/mol. The highest BCUT2D eigenvalue weighted by molar-refractivity contribution is 7.98. The molecule has 1 aromatic carbocycles. The zero-order valence-corrected chi connectivity index (χ0v) is 19.0. The minimum atomic E-state index is -3.61. The van der Waals surface area contributed by atoms with E-state index in [1.165, 1.54) is 29.2 Å². The minimum Gasteiger partial charge on any atom is -0.281 e. The van der Waals surface area contributed by atoms with Crippen molar-refractivity contribution in [3.05, 3.63) is 41.3 Å². The van der Waals surface area contributed by atoms with E-state index in [1.54, 1.807) is 31.3 Å². The summed E-state index contributed by atoms with van der Waals surface area (Å²) in [6.45, 7) is 1.76. The Bertz CT molecular complexity index is 1180. The monoisotopic (exact) mass is 464 g/mol. The second-order valence-corrected chi connectivity index (χ2v) is 10.7. The molecule has 0 unspecified atom stereocenters. The molecule has 10 heteroatoms. The van der Waals surface area contributed by atoms with Crippen molar-refractivity contribution in [2.45, 2.75) is 37.3 Å². The van der Waals surface area contributed by atoms with E-state index >= 15 is 4.39 Å². The second-order valence-electron chi connectivity index (χ2n) is 7.02. The molecule has 0 spiro atoms. The van der Waals surface area contributed by atoms with Crippen molar-refractivity contribution in [1.29, 1.82) is 0 Å². The van der Waals surface area contributed by atoms with Crippen LogP contribution >= 0.6 is 23.1 Å². The number of aromatic nitrogens is 3. The van der Waals surface area contributed by atoms with Crippen molar-refractivity contribution in [2.24, 2.45) is 0 Å². The SMILES string of the molecule is CCCS(=O)(=O)Nc1cccc(-c2nc(C3CC3)sc2-c2ccnc(SC)n2)c1F. The van der Waals surface area contributed by atoms with Crippen LogP contribution in [0.1, 0.15) is 37.1 Å². The highest BCUT2D eigenvalue weighted by Crippen LogP contribution is 2.47. The fraction of sp³-hybridized carbons (Fsp3) is 0.350. The van der Waals surface area contributed by atoms with Crippen molar-refractivity contribution in [3.63, 3.8) is 0 Å². The Morgan fingerprint density at radius 3 is 2.77 bits per heavy atom. The van der Waals surface area contributed by atoms with Crippen LogP contribution in [-0.2, 0) is 10.0 Å². The fourth-order valence-corrected chi connectivity index (χ4v) is 5.75. The molecule has 6 nitrogen and oxygen atoms in total. The fourth-order valence-electron chi connectivity index (χ4n) is 3.04. The molecule has 1 saturated carbocycles. The van der Waals surface area contributed by atoms with E-state index in [0.717, 1.165) is 22.7 Å². The van der Waals surface area contributed by atoms with Crippen LogP contribution in [0.15, 0.2) is 35.6 Å². The Balaban J connectivity index is 1.81. The summed E-state index contributed by atoms with van der Waals surface area (Å²) in [5, 5.41) is 1.59. The lowest BCUT2D eigenvalue weighted by atomic mass is 10.1. The van der Waals surface area contributed by atoms with E-state index in [0.29, 0.717) is 28.9 Å². The summed E-state index contributed by atoms with van der Waals surface area (Å²) in [5.74, 6) is -0.299. The Morgan fingerprint density at radius 2 is 2.07 bits per heavy atom. The first-order valence-corrected chi connectivity index (χ1v) is 13.3. The molecule has 0 aliphatic heterocycles. The summed E-state index contributed by atoms with van der Waals surface area (Å²) in [6, 6.07) is 6.48. The molecule has 2 aromatic heterocycles. The average Bonchev–Trinajstić information content (AvgIpc) is 3.48. The standard InChI is InChI=1S/C20H21FN4O2S3/c1-3-11-30(26,27)25-14-6-4-5-13(16(14)21)17-18(29-19(24-17)12-7-8-12)15-9-10-22-20(23-15)28-2/h4-6,9-10,12,25H,3,7-8,11H2,1-2H3. The maximum Gasteiger partial charge on any atom is 0.232 e. The quantitative estimate of drug-likeness (QED) is 0.366. The number of nitrogens with one attached hydrogen (secondary N) is 1. The van der Waals surface area contributed by atoms with Gasteiger partial charge in [-0.3, -0.25) is 4.72 Å². The maximum absolute atomic E-state index is 15.4. The number of benzene rings is 1.